The van der Waals surface area contributed by atoms with Crippen LogP contribution in [0.2, 0.25) is 0 Å². The van der Waals surface area contributed by atoms with Gasteiger partial charge in [0.15, 0.2) is 0 Å². The van der Waals surface area contributed by atoms with E-state index < -0.39 is 16.1 Å². The molecule has 0 saturated carbocycles. The van der Waals surface area contributed by atoms with E-state index in [1.807, 2.05) is 39.0 Å². The molecule has 0 unspecified atom stereocenters. The number of nitrogens with one attached hydrogen (secondary N) is 1. The third-order valence-electron chi connectivity index (χ3n) is 5.44. The van der Waals surface area contributed by atoms with Crippen LogP contribution in [-0.4, -0.2) is 33.7 Å². The molecule has 2 aromatic carbocycles. The second-order valence-corrected chi connectivity index (χ2v) is 10.3. The fourth-order valence-corrected chi connectivity index (χ4v) is 4.90. The number of ether oxygens (including phenoxy) is 1. The van der Waals surface area contributed by atoms with E-state index in [-0.39, 0.29) is 17.9 Å². The molecule has 7 heteroatoms. The number of benzene rings is 2. The maximum Gasteiger partial charge on any atom is 0.244 e. The van der Waals surface area contributed by atoms with Crippen molar-refractivity contribution in [3.8, 4) is 5.75 Å². The molecule has 0 saturated heterocycles. The van der Waals surface area contributed by atoms with E-state index >= 15 is 0 Å². The van der Waals surface area contributed by atoms with E-state index in [1.165, 1.54) is 0 Å². The Morgan fingerprint density at radius 1 is 1.00 bits per heavy atom. The van der Waals surface area contributed by atoms with Gasteiger partial charge < -0.3 is 10.1 Å². The lowest BCUT2D eigenvalue weighted by atomic mass is 9.93. The van der Waals surface area contributed by atoms with E-state index in [1.54, 1.807) is 26.2 Å². The summed E-state index contributed by atoms with van der Waals surface area (Å²) in [5.74, 6) is 0.726. The first-order valence-electron chi connectivity index (χ1n) is 10.4. The zero-order valence-corrected chi connectivity index (χ0v) is 20.5. The lowest BCUT2D eigenvalue weighted by molar-refractivity contribution is -0.122. The number of hydrogen-bond acceptors (Lipinski definition) is 4. The number of nitrogens with zero attached hydrogens (tertiary/aromatic N) is 1. The minimum Gasteiger partial charge on any atom is -0.496 e. The van der Waals surface area contributed by atoms with Crippen molar-refractivity contribution in [1.82, 2.24) is 5.32 Å². The number of carbonyl (C=O) groups is 1. The van der Waals surface area contributed by atoms with Crippen molar-refractivity contribution in [1.29, 1.82) is 0 Å². The largest absolute Gasteiger partial charge is 0.496 e. The molecule has 0 heterocycles. The normalized spacial score (nSPS) is 13.6. The highest BCUT2D eigenvalue weighted by molar-refractivity contribution is 7.92. The van der Waals surface area contributed by atoms with Crippen molar-refractivity contribution in [3.05, 3.63) is 58.7 Å². The van der Waals surface area contributed by atoms with E-state index in [0.29, 0.717) is 5.69 Å². The molecule has 0 spiro atoms. The predicted octanol–water partition coefficient (Wildman–Crippen LogP) is 4.47. The number of aryl methyl sites for hydroxylation is 2. The van der Waals surface area contributed by atoms with Gasteiger partial charge in [-0.15, -0.1) is 0 Å². The topological polar surface area (TPSA) is 75.7 Å². The highest BCUT2D eigenvalue weighted by Gasteiger charge is 2.30. The van der Waals surface area contributed by atoms with Crippen LogP contribution in [0.25, 0.3) is 0 Å². The van der Waals surface area contributed by atoms with E-state index in [4.69, 9.17) is 4.74 Å². The molecule has 2 atom stereocenters. The minimum atomic E-state index is -3.65. The SMILES string of the molecule is COc1cc(C)c([C@@H](C)NC(=O)[C@H](C)N(c2ccc(C)cc2)S(C)(=O)=O)cc1C(C)C. The van der Waals surface area contributed by atoms with Crippen LogP contribution in [0.4, 0.5) is 5.69 Å². The fraction of sp³-hybridized carbons (Fsp3) is 0.458. The van der Waals surface area contributed by atoms with Gasteiger partial charge in [0.25, 0.3) is 0 Å². The standard InChI is InChI=1S/C24H34N2O4S/c1-15(2)21-14-22(17(4)13-23(21)30-7)18(5)25-24(27)19(6)26(31(8,28)29)20-11-9-16(3)10-12-20/h9-15,18-19H,1-8H3,(H,25,27)/t18-,19+/m1/s1. The molecule has 170 valence electrons. The summed E-state index contributed by atoms with van der Waals surface area (Å²) in [5, 5.41) is 2.99. The van der Waals surface area contributed by atoms with Crippen LogP contribution in [0.15, 0.2) is 36.4 Å². The molecule has 1 N–H and O–H groups in total. The van der Waals surface area contributed by atoms with E-state index in [0.717, 1.165) is 38.6 Å². The van der Waals surface area contributed by atoms with Crippen LogP contribution in [0.1, 0.15) is 61.9 Å². The summed E-state index contributed by atoms with van der Waals surface area (Å²) in [5.41, 5.74) is 4.52. The molecule has 31 heavy (non-hydrogen) atoms. The molecule has 6 nitrogen and oxygen atoms in total. The highest BCUT2D eigenvalue weighted by atomic mass is 32.2. The molecule has 2 aromatic rings. The molecular formula is C24H34N2O4S. The van der Waals surface area contributed by atoms with Crippen molar-refractivity contribution in [2.75, 3.05) is 17.7 Å². The van der Waals surface area contributed by atoms with Gasteiger partial charge in [-0.2, -0.15) is 0 Å². The summed E-state index contributed by atoms with van der Waals surface area (Å²) < 4.78 is 31.7. The molecule has 0 aromatic heterocycles. The Balaban J connectivity index is 2.32. The van der Waals surface area contributed by atoms with Gasteiger partial charge in [-0.05, 0) is 74.6 Å². The zero-order valence-electron chi connectivity index (χ0n) is 19.7. The molecule has 0 aliphatic rings. The van der Waals surface area contributed by atoms with Crippen LogP contribution in [0.3, 0.4) is 0 Å². The van der Waals surface area contributed by atoms with Crippen molar-refractivity contribution < 1.29 is 17.9 Å². The summed E-state index contributed by atoms with van der Waals surface area (Å²) in [4.78, 5) is 13.1. The second kappa shape index (κ2) is 9.73. The third-order valence-corrected chi connectivity index (χ3v) is 6.68. The first-order chi connectivity index (χ1) is 14.4. The van der Waals surface area contributed by atoms with Gasteiger partial charge in [0.2, 0.25) is 15.9 Å². The first-order valence-corrected chi connectivity index (χ1v) is 12.3. The molecule has 2 rings (SSSR count). The monoisotopic (exact) mass is 446 g/mol. The molecule has 0 fully saturated rings. The predicted molar refractivity (Wildman–Crippen MR) is 126 cm³/mol. The van der Waals surface area contributed by atoms with Gasteiger partial charge in [0, 0.05) is 0 Å². The van der Waals surface area contributed by atoms with Gasteiger partial charge in [-0.25, -0.2) is 8.42 Å². The lowest BCUT2D eigenvalue weighted by Crippen LogP contribution is -2.48. The fourth-order valence-electron chi connectivity index (χ4n) is 3.72. The Hall–Kier alpha value is -2.54. The maximum absolute atomic E-state index is 13.1. The Morgan fingerprint density at radius 3 is 2.06 bits per heavy atom. The summed E-state index contributed by atoms with van der Waals surface area (Å²) in [6.07, 6.45) is 1.11. The molecular weight excluding hydrogens is 412 g/mol. The van der Waals surface area contributed by atoms with Crippen molar-refractivity contribution in [2.45, 2.75) is 59.5 Å². The van der Waals surface area contributed by atoms with Crippen molar-refractivity contribution in [2.24, 2.45) is 0 Å². The summed E-state index contributed by atoms with van der Waals surface area (Å²) >= 11 is 0. The van der Waals surface area contributed by atoms with Gasteiger partial charge in [0.1, 0.15) is 11.8 Å². The van der Waals surface area contributed by atoms with Crippen molar-refractivity contribution in [3.63, 3.8) is 0 Å². The number of anilines is 1. The van der Waals surface area contributed by atoms with Crippen LogP contribution in [-0.2, 0) is 14.8 Å². The average molecular weight is 447 g/mol. The molecule has 0 aliphatic heterocycles. The van der Waals surface area contributed by atoms with Crippen LogP contribution < -0.4 is 14.4 Å². The average Bonchev–Trinajstić information content (AvgIpc) is 2.67. The van der Waals surface area contributed by atoms with E-state index in [2.05, 4.69) is 25.2 Å². The van der Waals surface area contributed by atoms with Crippen LogP contribution in [0.5, 0.6) is 5.75 Å². The Labute approximate surface area is 186 Å². The number of methoxy groups -OCH3 is 1. The Morgan fingerprint density at radius 2 is 1.58 bits per heavy atom. The first kappa shape index (κ1) is 24.7. The minimum absolute atomic E-state index is 0.262. The van der Waals surface area contributed by atoms with Crippen LogP contribution >= 0.6 is 0 Å². The summed E-state index contributed by atoms with van der Waals surface area (Å²) in [6.45, 7) is 11.6. The highest BCUT2D eigenvalue weighted by Crippen LogP contribution is 2.32. The second-order valence-electron chi connectivity index (χ2n) is 8.41. The molecule has 0 aliphatic carbocycles. The number of amides is 1. The molecule has 0 bridgehead atoms. The van der Waals surface area contributed by atoms with Gasteiger partial charge in [-0.3, -0.25) is 9.10 Å². The number of hydrogen-bond donors (Lipinski definition) is 1. The molecule has 0 radical (unpaired) electrons. The Bertz CT molecular complexity index is 1030. The quantitative estimate of drug-likeness (QED) is 0.649. The Kier molecular flexibility index (Phi) is 7.76. The van der Waals surface area contributed by atoms with Crippen molar-refractivity contribution >= 4 is 21.6 Å². The number of carbonyl (C=O) groups excluding carboxylic acids is 1. The number of sulfonamides is 1. The van der Waals surface area contributed by atoms with E-state index in [9.17, 15) is 13.2 Å². The molecule has 1 amide bonds. The summed E-state index contributed by atoms with van der Waals surface area (Å²) in [7, 11) is -2.00. The van der Waals surface area contributed by atoms with Gasteiger partial charge in [-0.1, -0.05) is 31.5 Å². The number of rotatable bonds is 8. The lowest BCUT2D eigenvalue weighted by Gasteiger charge is -2.30. The summed E-state index contributed by atoms with van der Waals surface area (Å²) in [6, 6.07) is 9.93. The smallest absolute Gasteiger partial charge is 0.244 e. The zero-order chi connectivity index (χ0) is 23.5. The maximum atomic E-state index is 13.1. The van der Waals surface area contributed by atoms with Gasteiger partial charge >= 0.3 is 0 Å². The third kappa shape index (κ3) is 5.79. The van der Waals surface area contributed by atoms with Crippen LogP contribution in [0, 0.1) is 13.8 Å². The van der Waals surface area contributed by atoms with Gasteiger partial charge in [0.05, 0.1) is 25.1 Å².